The van der Waals surface area contributed by atoms with Crippen LogP contribution in [0.3, 0.4) is 0 Å². The van der Waals surface area contributed by atoms with E-state index in [1.54, 1.807) is 41.7 Å². The molecule has 2 aromatic carbocycles. The zero-order chi connectivity index (χ0) is 23.3. The third kappa shape index (κ3) is 5.65. The summed E-state index contributed by atoms with van der Waals surface area (Å²) in [4.78, 5) is 15.9. The quantitative estimate of drug-likeness (QED) is 0.506. The first-order chi connectivity index (χ1) is 16.0. The lowest BCUT2D eigenvalue weighted by Gasteiger charge is -2.31. The highest BCUT2D eigenvalue weighted by Crippen LogP contribution is 2.30. The van der Waals surface area contributed by atoms with Crippen LogP contribution in [0.1, 0.15) is 15.2 Å². The number of nitrogens with zero attached hydrogens (tertiary/aromatic N) is 1. The van der Waals surface area contributed by atoms with Gasteiger partial charge in [-0.1, -0.05) is 6.07 Å². The fourth-order valence-electron chi connectivity index (χ4n) is 3.48. The molecule has 1 aliphatic rings. The largest absolute Gasteiger partial charge is 0.497 e. The van der Waals surface area contributed by atoms with Gasteiger partial charge in [-0.15, -0.1) is 11.3 Å². The number of rotatable bonds is 8. The molecular weight excluding hydrogens is 462 g/mol. The van der Waals surface area contributed by atoms with Gasteiger partial charge < -0.3 is 19.7 Å². The van der Waals surface area contributed by atoms with Crippen LogP contribution in [0.15, 0.2) is 64.9 Å². The molecule has 33 heavy (non-hydrogen) atoms. The molecule has 2 heterocycles. The number of thiophene rings is 1. The number of methoxy groups -OCH3 is 1. The normalized spacial score (nSPS) is 14.0. The predicted octanol–water partition coefficient (Wildman–Crippen LogP) is 3.32. The van der Waals surface area contributed by atoms with E-state index >= 15 is 0 Å². The van der Waals surface area contributed by atoms with Crippen molar-refractivity contribution in [3.05, 3.63) is 70.4 Å². The van der Waals surface area contributed by atoms with E-state index in [2.05, 4.69) is 10.0 Å². The van der Waals surface area contributed by atoms with Crippen LogP contribution in [0.25, 0.3) is 0 Å². The summed E-state index contributed by atoms with van der Waals surface area (Å²) in [7, 11) is -2.36. The van der Waals surface area contributed by atoms with Gasteiger partial charge in [0.15, 0.2) is 0 Å². The fraction of sp³-hybridized carbons (Fsp3) is 0.261. The van der Waals surface area contributed by atoms with Gasteiger partial charge in [0.1, 0.15) is 5.75 Å². The Labute approximate surface area is 197 Å². The van der Waals surface area contributed by atoms with Crippen LogP contribution in [0, 0.1) is 0 Å². The number of anilines is 2. The van der Waals surface area contributed by atoms with E-state index in [4.69, 9.17) is 9.47 Å². The van der Waals surface area contributed by atoms with Gasteiger partial charge in [-0.25, -0.2) is 8.42 Å². The van der Waals surface area contributed by atoms with Gasteiger partial charge in [0, 0.05) is 23.5 Å². The Morgan fingerprint density at radius 3 is 2.55 bits per heavy atom. The predicted molar refractivity (Wildman–Crippen MR) is 129 cm³/mol. The van der Waals surface area contributed by atoms with Gasteiger partial charge in [-0.05, 0) is 53.9 Å². The van der Waals surface area contributed by atoms with Crippen molar-refractivity contribution >= 4 is 38.6 Å². The Morgan fingerprint density at radius 2 is 1.88 bits per heavy atom. The van der Waals surface area contributed by atoms with Crippen LogP contribution in [0.5, 0.6) is 5.75 Å². The molecule has 0 spiro atoms. The van der Waals surface area contributed by atoms with E-state index < -0.39 is 10.0 Å². The number of benzene rings is 2. The molecule has 2 N–H and O–H groups in total. The first kappa shape index (κ1) is 23.1. The molecule has 4 rings (SSSR count). The standard InChI is InChI=1S/C23H25N3O5S2/c1-30-18-5-7-20(8-6-18)33(28,29)25-21-15-17(23(27)24-16-19-3-2-14-32-19)4-9-22(21)26-10-12-31-13-11-26/h2-9,14-15,25H,10-13,16H2,1H3,(H,24,27). The molecule has 174 valence electrons. The number of carbonyl (C=O) groups excluding carboxylic acids is 1. The smallest absolute Gasteiger partial charge is 0.261 e. The van der Waals surface area contributed by atoms with Gasteiger partial charge in [0.25, 0.3) is 15.9 Å². The molecule has 0 atom stereocenters. The molecule has 3 aromatic rings. The van der Waals surface area contributed by atoms with Crippen molar-refractivity contribution in [2.75, 3.05) is 43.0 Å². The number of amides is 1. The average Bonchev–Trinajstić information content (AvgIpc) is 3.36. The third-order valence-corrected chi connectivity index (χ3v) is 7.49. The Kier molecular flexibility index (Phi) is 7.17. The zero-order valence-corrected chi connectivity index (χ0v) is 19.7. The molecule has 0 saturated carbocycles. The number of ether oxygens (including phenoxy) is 2. The van der Waals surface area contributed by atoms with Crippen LogP contribution in [-0.4, -0.2) is 47.7 Å². The summed E-state index contributed by atoms with van der Waals surface area (Å²) in [6.45, 7) is 2.76. The molecule has 10 heteroatoms. The highest BCUT2D eigenvalue weighted by atomic mass is 32.2. The van der Waals surface area contributed by atoms with Gasteiger partial charge >= 0.3 is 0 Å². The minimum Gasteiger partial charge on any atom is -0.497 e. The van der Waals surface area contributed by atoms with Crippen LogP contribution in [0.2, 0.25) is 0 Å². The van der Waals surface area contributed by atoms with Crippen LogP contribution in [0.4, 0.5) is 11.4 Å². The number of hydrogen-bond donors (Lipinski definition) is 2. The van der Waals surface area contributed by atoms with Crippen LogP contribution >= 0.6 is 11.3 Å². The number of sulfonamides is 1. The Balaban J connectivity index is 1.62. The molecule has 1 saturated heterocycles. The van der Waals surface area contributed by atoms with Crippen molar-refractivity contribution in [1.82, 2.24) is 5.32 Å². The van der Waals surface area contributed by atoms with Crippen molar-refractivity contribution in [3.63, 3.8) is 0 Å². The zero-order valence-electron chi connectivity index (χ0n) is 18.1. The Hall–Kier alpha value is -3.08. The van der Waals surface area contributed by atoms with Crippen LogP contribution < -0.4 is 19.7 Å². The minimum atomic E-state index is -3.88. The summed E-state index contributed by atoms with van der Waals surface area (Å²) in [5.41, 5.74) is 1.41. The molecule has 0 bridgehead atoms. The molecule has 1 amide bonds. The summed E-state index contributed by atoms with van der Waals surface area (Å²) >= 11 is 1.56. The first-order valence-electron chi connectivity index (χ1n) is 10.4. The third-order valence-electron chi connectivity index (χ3n) is 5.23. The maximum atomic E-state index is 13.1. The van der Waals surface area contributed by atoms with Crippen molar-refractivity contribution in [3.8, 4) is 5.75 Å². The lowest BCUT2D eigenvalue weighted by atomic mass is 10.1. The molecule has 8 nitrogen and oxygen atoms in total. The highest BCUT2D eigenvalue weighted by molar-refractivity contribution is 7.92. The van der Waals surface area contributed by atoms with E-state index in [9.17, 15) is 13.2 Å². The van der Waals surface area contributed by atoms with E-state index in [1.807, 2.05) is 22.4 Å². The lowest BCUT2D eigenvalue weighted by molar-refractivity contribution is 0.0951. The monoisotopic (exact) mass is 487 g/mol. The Morgan fingerprint density at radius 1 is 1.12 bits per heavy atom. The lowest BCUT2D eigenvalue weighted by Crippen LogP contribution is -2.37. The van der Waals surface area contributed by atoms with E-state index in [0.29, 0.717) is 55.5 Å². The van der Waals surface area contributed by atoms with Gasteiger partial charge in [-0.2, -0.15) is 0 Å². The molecule has 0 aliphatic carbocycles. The second-order valence-electron chi connectivity index (χ2n) is 7.37. The molecule has 0 unspecified atom stereocenters. The van der Waals surface area contributed by atoms with Crippen molar-refractivity contribution in [2.24, 2.45) is 0 Å². The number of hydrogen-bond acceptors (Lipinski definition) is 7. The number of morpholine rings is 1. The number of carbonyl (C=O) groups is 1. The van der Waals surface area contributed by atoms with Crippen molar-refractivity contribution in [2.45, 2.75) is 11.4 Å². The van der Waals surface area contributed by atoms with Gasteiger partial charge in [0.2, 0.25) is 0 Å². The molecule has 0 radical (unpaired) electrons. The summed E-state index contributed by atoms with van der Waals surface area (Å²) in [5.74, 6) is 0.286. The van der Waals surface area contributed by atoms with E-state index in [1.165, 1.54) is 19.2 Å². The van der Waals surface area contributed by atoms with Crippen molar-refractivity contribution in [1.29, 1.82) is 0 Å². The first-order valence-corrected chi connectivity index (χ1v) is 12.8. The fourth-order valence-corrected chi connectivity index (χ4v) is 5.19. The maximum absolute atomic E-state index is 13.1. The summed E-state index contributed by atoms with van der Waals surface area (Å²) < 4.78 is 39.4. The van der Waals surface area contributed by atoms with E-state index in [0.717, 1.165) is 4.88 Å². The van der Waals surface area contributed by atoms with Crippen molar-refractivity contribution < 1.29 is 22.7 Å². The minimum absolute atomic E-state index is 0.101. The second-order valence-corrected chi connectivity index (χ2v) is 10.1. The summed E-state index contributed by atoms with van der Waals surface area (Å²) in [6, 6.07) is 15.1. The van der Waals surface area contributed by atoms with Crippen LogP contribution in [-0.2, 0) is 21.3 Å². The summed E-state index contributed by atoms with van der Waals surface area (Å²) in [6.07, 6.45) is 0. The van der Waals surface area contributed by atoms with Gasteiger partial charge in [0.05, 0.1) is 43.1 Å². The number of nitrogens with one attached hydrogen (secondary N) is 2. The molecule has 1 aromatic heterocycles. The highest BCUT2D eigenvalue weighted by Gasteiger charge is 2.22. The maximum Gasteiger partial charge on any atom is 0.261 e. The Bertz CT molecular complexity index is 1190. The average molecular weight is 488 g/mol. The second kappa shape index (κ2) is 10.2. The van der Waals surface area contributed by atoms with Gasteiger partial charge in [-0.3, -0.25) is 9.52 Å². The summed E-state index contributed by atoms with van der Waals surface area (Å²) in [5, 5.41) is 4.83. The molecule has 1 aliphatic heterocycles. The van der Waals surface area contributed by atoms with E-state index in [-0.39, 0.29) is 10.8 Å². The molecular formula is C23H25N3O5S2. The SMILES string of the molecule is COc1ccc(S(=O)(=O)Nc2cc(C(=O)NCc3cccs3)ccc2N2CCOCC2)cc1. The molecule has 1 fully saturated rings. The topological polar surface area (TPSA) is 97.0 Å².